The molecule has 1 aliphatic heterocycles. The SMILES string of the molecule is COc1ccc(CCC(=O)NCC(c2ccccc2C)N2CCCC2)cc1. The Balaban J connectivity index is 1.56. The van der Waals surface area contributed by atoms with Crippen molar-refractivity contribution in [1.82, 2.24) is 10.2 Å². The third-order valence-electron chi connectivity index (χ3n) is 5.42. The first-order valence-corrected chi connectivity index (χ1v) is 9.86. The van der Waals surface area contributed by atoms with Crippen LogP contribution in [0.15, 0.2) is 48.5 Å². The van der Waals surface area contributed by atoms with Crippen molar-refractivity contribution in [3.63, 3.8) is 0 Å². The molecule has 1 heterocycles. The lowest BCUT2D eigenvalue weighted by Gasteiger charge is -2.29. The zero-order valence-corrected chi connectivity index (χ0v) is 16.4. The topological polar surface area (TPSA) is 41.6 Å². The maximum absolute atomic E-state index is 12.4. The van der Waals surface area contributed by atoms with E-state index in [1.807, 2.05) is 24.3 Å². The highest BCUT2D eigenvalue weighted by Gasteiger charge is 2.24. The molecule has 1 aliphatic rings. The number of hydrogen-bond acceptors (Lipinski definition) is 3. The van der Waals surface area contributed by atoms with Crippen LogP contribution >= 0.6 is 0 Å². The summed E-state index contributed by atoms with van der Waals surface area (Å²) in [7, 11) is 1.66. The highest BCUT2D eigenvalue weighted by Crippen LogP contribution is 2.26. The van der Waals surface area contributed by atoms with E-state index in [0.29, 0.717) is 13.0 Å². The number of amides is 1. The van der Waals surface area contributed by atoms with Gasteiger partial charge >= 0.3 is 0 Å². The lowest BCUT2D eigenvalue weighted by atomic mass is 10.00. The summed E-state index contributed by atoms with van der Waals surface area (Å²) in [5.74, 6) is 0.957. The fourth-order valence-electron chi connectivity index (χ4n) is 3.80. The second-order valence-electron chi connectivity index (χ2n) is 7.27. The lowest BCUT2D eigenvalue weighted by Crippen LogP contribution is -2.37. The van der Waals surface area contributed by atoms with Gasteiger partial charge < -0.3 is 10.1 Å². The first-order chi connectivity index (χ1) is 13.2. The molecule has 2 aromatic rings. The standard InChI is InChI=1S/C23H30N2O2/c1-18-7-3-4-8-21(18)22(25-15-5-6-16-25)17-24-23(26)14-11-19-9-12-20(27-2)13-10-19/h3-4,7-10,12-13,22H,5-6,11,14-17H2,1-2H3,(H,24,26). The molecule has 1 amide bonds. The number of carbonyl (C=O) groups excluding carboxylic acids is 1. The van der Waals surface area contributed by atoms with Crippen molar-refractivity contribution in [3.8, 4) is 5.75 Å². The Morgan fingerprint density at radius 1 is 1.11 bits per heavy atom. The first kappa shape index (κ1) is 19.4. The van der Waals surface area contributed by atoms with Gasteiger partial charge in [0.05, 0.1) is 13.2 Å². The normalized spacial score (nSPS) is 15.5. The minimum Gasteiger partial charge on any atom is -0.497 e. The molecule has 2 aromatic carbocycles. The molecule has 0 radical (unpaired) electrons. The minimum absolute atomic E-state index is 0.114. The minimum atomic E-state index is 0.114. The van der Waals surface area contributed by atoms with Gasteiger partial charge in [0.1, 0.15) is 5.75 Å². The van der Waals surface area contributed by atoms with E-state index in [1.54, 1.807) is 7.11 Å². The van der Waals surface area contributed by atoms with Crippen LogP contribution in [0, 0.1) is 6.92 Å². The summed E-state index contributed by atoms with van der Waals surface area (Å²) in [4.78, 5) is 14.9. The van der Waals surface area contributed by atoms with Crippen molar-refractivity contribution in [2.24, 2.45) is 0 Å². The van der Waals surface area contributed by atoms with Crippen LogP contribution in [0.2, 0.25) is 0 Å². The van der Waals surface area contributed by atoms with Crippen molar-refractivity contribution in [2.45, 2.75) is 38.6 Å². The molecule has 1 N–H and O–H groups in total. The maximum atomic E-state index is 12.4. The Morgan fingerprint density at radius 2 is 1.81 bits per heavy atom. The number of methoxy groups -OCH3 is 1. The average molecular weight is 367 g/mol. The molecular formula is C23H30N2O2. The summed E-state index contributed by atoms with van der Waals surface area (Å²) < 4.78 is 5.18. The van der Waals surface area contributed by atoms with Gasteiger partial charge in [-0.2, -0.15) is 0 Å². The van der Waals surface area contributed by atoms with Gasteiger partial charge in [0.2, 0.25) is 5.91 Å². The van der Waals surface area contributed by atoms with E-state index in [1.165, 1.54) is 24.0 Å². The van der Waals surface area contributed by atoms with Crippen molar-refractivity contribution in [1.29, 1.82) is 0 Å². The zero-order chi connectivity index (χ0) is 19.1. The Morgan fingerprint density at radius 3 is 2.48 bits per heavy atom. The van der Waals surface area contributed by atoms with Crippen LogP contribution in [0.25, 0.3) is 0 Å². The Labute approximate surface area is 162 Å². The van der Waals surface area contributed by atoms with E-state index in [2.05, 4.69) is 41.4 Å². The summed E-state index contributed by atoms with van der Waals surface area (Å²) in [5, 5.41) is 3.17. The molecule has 144 valence electrons. The predicted octanol–water partition coefficient (Wildman–Crippen LogP) is 3.89. The van der Waals surface area contributed by atoms with Gasteiger partial charge in [0.15, 0.2) is 0 Å². The molecule has 3 rings (SSSR count). The zero-order valence-electron chi connectivity index (χ0n) is 16.4. The monoisotopic (exact) mass is 366 g/mol. The summed E-state index contributed by atoms with van der Waals surface area (Å²) in [6, 6.07) is 16.7. The van der Waals surface area contributed by atoms with Crippen LogP contribution in [0.5, 0.6) is 5.75 Å². The quantitative estimate of drug-likeness (QED) is 0.771. The molecule has 0 spiro atoms. The van der Waals surface area contributed by atoms with E-state index in [-0.39, 0.29) is 11.9 Å². The molecule has 27 heavy (non-hydrogen) atoms. The van der Waals surface area contributed by atoms with Gasteiger partial charge in [-0.25, -0.2) is 0 Å². The lowest BCUT2D eigenvalue weighted by molar-refractivity contribution is -0.121. The van der Waals surface area contributed by atoms with E-state index >= 15 is 0 Å². The van der Waals surface area contributed by atoms with E-state index in [9.17, 15) is 4.79 Å². The number of nitrogens with one attached hydrogen (secondary N) is 1. The van der Waals surface area contributed by atoms with E-state index < -0.39 is 0 Å². The van der Waals surface area contributed by atoms with Gasteiger partial charge in [-0.3, -0.25) is 9.69 Å². The number of likely N-dealkylation sites (tertiary alicyclic amines) is 1. The molecule has 0 aliphatic carbocycles. The number of hydrogen-bond donors (Lipinski definition) is 1. The number of rotatable bonds is 8. The van der Waals surface area contributed by atoms with Gasteiger partial charge in [-0.15, -0.1) is 0 Å². The van der Waals surface area contributed by atoms with Crippen molar-refractivity contribution in [2.75, 3.05) is 26.7 Å². The Bertz CT molecular complexity index is 736. The molecular weight excluding hydrogens is 336 g/mol. The fraction of sp³-hybridized carbons (Fsp3) is 0.435. The van der Waals surface area contributed by atoms with E-state index in [4.69, 9.17) is 4.74 Å². The molecule has 1 atom stereocenters. The average Bonchev–Trinajstić information content (AvgIpc) is 3.23. The van der Waals surface area contributed by atoms with Crippen LogP contribution in [0.3, 0.4) is 0 Å². The van der Waals surface area contributed by atoms with E-state index in [0.717, 1.165) is 30.8 Å². The molecule has 1 saturated heterocycles. The molecule has 1 unspecified atom stereocenters. The third-order valence-corrected chi connectivity index (χ3v) is 5.42. The van der Waals surface area contributed by atoms with Crippen LogP contribution < -0.4 is 10.1 Å². The van der Waals surface area contributed by atoms with Crippen molar-refractivity contribution in [3.05, 3.63) is 65.2 Å². The van der Waals surface area contributed by atoms with Crippen molar-refractivity contribution >= 4 is 5.91 Å². The van der Waals surface area contributed by atoms with Crippen LogP contribution in [0.1, 0.15) is 42.0 Å². The molecule has 0 bridgehead atoms. The molecule has 0 saturated carbocycles. The second-order valence-corrected chi connectivity index (χ2v) is 7.27. The summed E-state index contributed by atoms with van der Waals surface area (Å²) in [5.41, 5.74) is 3.78. The number of nitrogens with zero attached hydrogens (tertiary/aromatic N) is 1. The smallest absolute Gasteiger partial charge is 0.220 e. The number of carbonyl (C=O) groups is 1. The third kappa shape index (κ3) is 5.33. The van der Waals surface area contributed by atoms with Gasteiger partial charge in [-0.1, -0.05) is 36.4 Å². The Kier molecular flexibility index (Phi) is 6.88. The molecule has 0 aromatic heterocycles. The summed E-state index contributed by atoms with van der Waals surface area (Å²) >= 11 is 0. The van der Waals surface area contributed by atoms with Gasteiger partial charge in [-0.05, 0) is 68.1 Å². The molecule has 1 fully saturated rings. The number of ether oxygens (including phenoxy) is 1. The predicted molar refractivity (Wildman–Crippen MR) is 109 cm³/mol. The maximum Gasteiger partial charge on any atom is 0.220 e. The largest absolute Gasteiger partial charge is 0.497 e. The van der Waals surface area contributed by atoms with Crippen LogP contribution in [-0.4, -0.2) is 37.6 Å². The van der Waals surface area contributed by atoms with Crippen LogP contribution in [-0.2, 0) is 11.2 Å². The van der Waals surface area contributed by atoms with Crippen molar-refractivity contribution < 1.29 is 9.53 Å². The number of benzene rings is 2. The van der Waals surface area contributed by atoms with Crippen LogP contribution in [0.4, 0.5) is 0 Å². The Hall–Kier alpha value is -2.33. The highest BCUT2D eigenvalue weighted by molar-refractivity contribution is 5.76. The first-order valence-electron chi connectivity index (χ1n) is 9.86. The highest BCUT2D eigenvalue weighted by atomic mass is 16.5. The second kappa shape index (κ2) is 9.56. The number of aryl methyl sites for hydroxylation is 2. The fourth-order valence-corrected chi connectivity index (χ4v) is 3.80. The molecule has 4 heteroatoms. The summed E-state index contributed by atoms with van der Waals surface area (Å²) in [6.07, 6.45) is 3.74. The van der Waals surface area contributed by atoms with Gasteiger partial charge in [0, 0.05) is 13.0 Å². The summed E-state index contributed by atoms with van der Waals surface area (Å²) in [6.45, 7) is 5.05. The molecule has 4 nitrogen and oxygen atoms in total. The van der Waals surface area contributed by atoms with Gasteiger partial charge in [0.25, 0.3) is 0 Å².